The number of benzene rings is 1. The molecule has 20 heavy (non-hydrogen) atoms. The first kappa shape index (κ1) is 12.6. The third-order valence-electron chi connectivity index (χ3n) is 3.38. The maximum atomic E-state index is 9.02. The molecule has 1 aromatic carbocycles. The molecule has 0 aliphatic heterocycles. The normalized spacial score (nSPS) is 10.6. The van der Waals surface area contributed by atoms with Gasteiger partial charge in [0.1, 0.15) is 0 Å². The Labute approximate surface area is 121 Å². The van der Waals surface area contributed by atoms with E-state index in [1.54, 1.807) is 12.3 Å². The number of aryl methyl sites for hydroxylation is 1. The van der Waals surface area contributed by atoms with E-state index in [-0.39, 0.29) is 0 Å². The highest BCUT2D eigenvalue weighted by atomic mass is 32.1. The van der Waals surface area contributed by atoms with E-state index < -0.39 is 0 Å². The Morgan fingerprint density at radius 1 is 1.40 bits per heavy atom. The molecule has 0 atom stereocenters. The van der Waals surface area contributed by atoms with Gasteiger partial charge in [-0.15, -0.1) is 0 Å². The van der Waals surface area contributed by atoms with Gasteiger partial charge < -0.3 is 9.55 Å². The molecule has 5 heteroatoms. The number of nitriles is 1. The lowest BCUT2D eigenvalue weighted by atomic mass is 10.1. The second-order valence-electron chi connectivity index (χ2n) is 4.66. The first-order valence-electron chi connectivity index (χ1n) is 6.21. The summed E-state index contributed by atoms with van der Waals surface area (Å²) in [6.45, 7) is 2.70. The Hall–Kier alpha value is -2.45. The molecule has 4 nitrogen and oxygen atoms in total. The summed E-state index contributed by atoms with van der Waals surface area (Å²) in [5, 5.41) is 9.02. The molecule has 2 heterocycles. The Balaban J connectivity index is 2.16. The van der Waals surface area contributed by atoms with Crippen molar-refractivity contribution in [2.24, 2.45) is 0 Å². The molecule has 0 fully saturated rings. The fourth-order valence-electron chi connectivity index (χ4n) is 2.21. The molecule has 3 rings (SSSR count). The topological polar surface area (TPSA) is 57.4 Å². The summed E-state index contributed by atoms with van der Waals surface area (Å²) in [7, 11) is 0. The largest absolute Gasteiger partial charge is 0.331 e. The van der Waals surface area contributed by atoms with Crippen LogP contribution in [0.2, 0.25) is 0 Å². The molecule has 0 bridgehead atoms. The van der Waals surface area contributed by atoms with Crippen LogP contribution in [-0.4, -0.2) is 14.5 Å². The van der Waals surface area contributed by atoms with Gasteiger partial charge in [-0.05, 0) is 54.5 Å². The Kier molecular flexibility index (Phi) is 3.09. The van der Waals surface area contributed by atoms with Gasteiger partial charge in [0, 0.05) is 12.4 Å². The molecule has 0 unspecified atom stereocenters. The van der Waals surface area contributed by atoms with Gasteiger partial charge in [0.2, 0.25) is 0 Å². The maximum Gasteiger partial charge on any atom is 0.178 e. The standard InChI is InChI=1S/C15H12N4S/c1-10-4-5-17-8-12(10)9-19-14-6-11(7-16)2-3-13(14)18-15(19)20/h2-6,8H,9H2,1H3,(H,18,20). The summed E-state index contributed by atoms with van der Waals surface area (Å²) < 4.78 is 2.65. The van der Waals surface area contributed by atoms with Crippen molar-refractivity contribution in [1.29, 1.82) is 5.26 Å². The monoisotopic (exact) mass is 280 g/mol. The molecule has 1 N–H and O–H groups in total. The first-order valence-corrected chi connectivity index (χ1v) is 6.62. The Morgan fingerprint density at radius 2 is 2.25 bits per heavy atom. The number of aromatic nitrogens is 3. The number of imidazole rings is 1. The van der Waals surface area contributed by atoms with Gasteiger partial charge in [-0.25, -0.2) is 0 Å². The lowest BCUT2D eigenvalue weighted by Crippen LogP contribution is -2.02. The zero-order valence-electron chi connectivity index (χ0n) is 10.9. The molecular formula is C15H12N4S. The average Bonchev–Trinajstić information content (AvgIpc) is 2.77. The zero-order chi connectivity index (χ0) is 14.1. The van der Waals surface area contributed by atoms with E-state index in [1.807, 2.05) is 29.0 Å². The van der Waals surface area contributed by atoms with Crippen LogP contribution in [0.15, 0.2) is 36.7 Å². The van der Waals surface area contributed by atoms with Crippen molar-refractivity contribution in [2.75, 3.05) is 0 Å². The van der Waals surface area contributed by atoms with Crippen LogP contribution in [0.25, 0.3) is 11.0 Å². The van der Waals surface area contributed by atoms with Crippen LogP contribution in [0.5, 0.6) is 0 Å². The highest BCUT2D eigenvalue weighted by Crippen LogP contribution is 2.18. The van der Waals surface area contributed by atoms with Gasteiger partial charge >= 0.3 is 0 Å². The van der Waals surface area contributed by atoms with E-state index in [0.717, 1.165) is 16.6 Å². The van der Waals surface area contributed by atoms with Crippen LogP contribution < -0.4 is 0 Å². The highest BCUT2D eigenvalue weighted by Gasteiger charge is 2.07. The second-order valence-corrected chi connectivity index (χ2v) is 5.05. The first-order chi connectivity index (χ1) is 9.69. The molecule has 2 aromatic heterocycles. The molecule has 0 saturated carbocycles. The SMILES string of the molecule is Cc1ccncc1Cn1c(=S)[nH]c2ccc(C#N)cc21. The molecule has 0 aliphatic carbocycles. The van der Waals surface area contributed by atoms with E-state index in [2.05, 4.69) is 23.0 Å². The minimum absolute atomic E-state index is 0.628. The summed E-state index contributed by atoms with van der Waals surface area (Å²) in [6.07, 6.45) is 3.63. The second kappa shape index (κ2) is 4.91. The van der Waals surface area contributed by atoms with Gasteiger partial charge in [0.25, 0.3) is 0 Å². The van der Waals surface area contributed by atoms with Gasteiger partial charge in [-0.2, -0.15) is 5.26 Å². The number of nitrogens with one attached hydrogen (secondary N) is 1. The minimum atomic E-state index is 0.628. The summed E-state index contributed by atoms with van der Waals surface area (Å²) in [6, 6.07) is 9.66. The van der Waals surface area contributed by atoms with Gasteiger partial charge in [-0.3, -0.25) is 4.98 Å². The van der Waals surface area contributed by atoms with Crippen molar-refractivity contribution in [2.45, 2.75) is 13.5 Å². The number of H-pyrrole nitrogens is 1. The average molecular weight is 280 g/mol. The van der Waals surface area contributed by atoms with Crippen molar-refractivity contribution in [3.63, 3.8) is 0 Å². The molecule has 0 aliphatic rings. The summed E-state index contributed by atoms with van der Waals surface area (Å²) in [4.78, 5) is 7.33. The lowest BCUT2D eigenvalue weighted by molar-refractivity contribution is 0.800. The van der Waals surface area contributed by atoms with Gasteiger partial charge in [0.05, 0.1) is 29.2 Å². The van der Waals surface area contributed by atoms with E-state index in [9.17, 15) is 0 Å². The fraction of sp³-hybridized carbons (Fsp3) is 0.133. The molecule has 0 saturated heterocycles. The fourth-order valence-corrected chi connectivity index (χ4v) is 2.48. The van der Waals surface area contributed by atoms with E-state index in [1.165, 1.54) is 5.56 Å². The summed E-state index contributed by atoms with van der Waals surface area (Å²) >= 11 is 5.38. The predicted octanol–water partition coefficient (Wildman–Crippen LogP) is 3.32. The van der Waals surface area contributed by atoms with Crippen LogP contribution in [0.1, 0.15) is 16.7 Å². The van der Waals surface area contributed by atoms with E-state index >= 15 is 0 Å². The zero-order valence-corrected chi connectivity index (χ0v) is 11.7. The van der Waals surface area contributed by atoms with Crippen LogP contribution in [-0.2, 0) is 6.54 Å². The third kappa shape index (κ3) is 2.10. The van der Waals surface area contributed by atoms with Crippen molar-refractivity contribution < 1.29 is 0 Å². The lowest BCUT2D eigenvalue weighted by Gasteiger charge is -2.07. The number of rotatable bonds is 2. The molecular weight excluding hydrogens is 268 g/mol. The minimum Gasteiger partial charge on any atom is -0.331 e. The third-order valence-corrected chi connectivity index (χ3v) is 3.70. The summed E-state index contributed by atoms with van der Waals surface area (Å²) in [5.41, 5.74) is 4.80. The maximum absolute atomic E-state index is 9.02. The number of hydrogen-bond acceptors (Lipinski definition) is 3. The van der Waals surface area contributed by atoms with Crippen LogP contribution in [0.3, 0.4) is 0 Å². The predicted molar refractivity (Wildman–Crippen MR) is 79.9 cm³/mol. The molecule has 0 spiro atoms. The van der Waals surface area contributed by atoms with Crippen molar-refractivity contribution in [1.82, 2.24) is 14.5 Å². The number of nitrogens with zero attached hydrogens (tertiary/aromatic N) is 3. The molecule has 0 radical (unpaired) electrons. The number of hydrogen-bond donors (Lipinski definition) is 1. The van der Waals surface area contributed by atoms with Crippen LogP contribution in [0, 0.1) is 23.0 Å². The van der Waals surface area contributed by atoms with Crippen molar-refractivity contribution in [3.05, 3.63) is 58.1 Å². The Morgan fingerprint density at radius 3 is 3.00 bits per heavy atom. The number of fused-ring (bicyclic) bond motifs is 1. The number of pyridine rings is 1. The van der Waals surface area contributed by atoms with Crippen molar-refractivity contribution in [3.8, 4) is 6.07 Å². The molecule has 0 amide bonds. The highest BCUT2D eigenvalue weighted by molar-refractivity contribution is 7.71. The van der Waals surface area contributed by atoms with Gasteiger partial charge in [-0.1, -0.05) is 0 Å². The van der Waals surface area contributed by atoms with Crippen LogP contribution in [0.4, 0.5) is 0 Å². The molecule has 3 aromatic rings. The van der Waals surface area contributed by atoms with Crippen molar-refractivity contribution >= 4 is 23.3 Å². The molecule has 98 valence electrons. The van der Waals surface area contributed by atoms with Gasteiger partial charge in [0.15, 0.2) is 4.77 Å². The quantitative estimate of drug-likeness (QED) is 0.733. The van der Waals surface area contributed by atoms with Crippen LogP contribution >= 0.6 is 12.2 Å². The smallest absolute Gasteiger partial charge is 0.178 e. The Bertz CT molecular complexity index is 883. The van der Waals surface area contributed by atoms with E-state index in [0.29, 0.717) is 16.9 Å². The number of aromatic amines is 1. The summed E-state index contributed by atoms with van der Waals surface area (Å²) in [5.74, 6) is 0. The van der Waals surface area contributed by atoms with E-state index in [4.69, 9.17) is 17.5 Å².